The van der Waals surface area contributed by atoms with E-state index in [1.54, 1.807) is 4.90 Å². The highest BCUT2D eigenvalue weighted by Crippen LogP contribution is 2.59. The van der Waals surface area contributed by atoms with Crippen LogP contribution in [0.4, 0.5) is 11.4 Å². The van der Waals surface area contributed by atoms with E-state index in [0.717, 1.165) is 38.0 Å². The number of fused-ring (bicyclic) bond motifs is 2. The van der Waals surface area contributed by atoms with E-state index >= 15 is 4.79 Å². The first-order chi connectivity index (χ1) is 22.4. The van der Waals surface area contributed by atoms with Gasteiger partial charge in [-0.1, -0.05) is 61.6 Å². The lowest BCUT2D eigenvalue weighted by Crippen LogP contribution is -2.57. The van der Waals surface area contributed by atoms with Gasteiger partial charge in [-0.25, -0.2) is 0 Å². The minimum atomic E-state index is -1.45. The number of hydrogen-bond donors (Lipinski definition) is 1. The molecule has 6 rings (SSSR count). The molecule has 1 unspecified atom stereocenters. The number of anilines is 2. The molecule has 1 N–H and O–H groups in total. The third-order valence-electron chi connectivity index (χ3n) is 10.3. The standard InChI is InChI=1S/C37H45N3O6/c1-4-36-21-12-7-8-13-24-45-35(44)31(36)30-33(42)40(29(25-41)26-15-10-9-11-16-26)32-34(43)39(23-14-22-37(30,32)46-36)28-19-17-27(18-20-28)38(5-2)6-3/h9-12,14-22,29-32,41H,4-8,13,23-25H2,1-3H3/b21-12-/t29-,30+,31+,32?,36-,37+/m1/s1. The van der Waals surface area contributed by atoms with Gasteiger partial charge in [-0.05, 0) is 69.4 Å². The maximum Gasteiger partial charge on any atom is 0.313 e. The molecule has 1 spiro atoms. The van der Waals surface area contributed by atoms with Crippen molar-refractivity contribution < 1.29 is 29.0 Å². The van der Waals surface area contributed by atoms with Crippen molar-refractivity contribution in [2.45, 2.75) is 69.7 Å². The number of aliphatic hydroxyl groups excluding tert-OH is 1. The Labute approximate surface area is 271 Å². The summed E-state index contributed by atoms with van der Waals surface area (Å²) in [6.45, 7) is 8.00. The van der Waals surface area contributed by atoms with E-state index < -0.39 is 53.6 Å². The minimum absolute atomic E-state index is 0.263. The van der Waals surface area contributed by atoms with E-state index in [1.807, 2.05) is 85.8 Å². The molecule has 0 aromatic heterocycles. The Morgan fingerprint density at radius 3 is 2.33 bits per heavy atom. The van der Waals surface area contributed by atoms with E-state index in [1.165, 1.54) is 4.90 Å². The lowest BCUT2D eigenvalue weighted by atomic mass is 9.73. The lowest BCUT2D eigenvalue weighted by Gasteiger charge is -2.41. The number of rotatable bonds is 8. The number of esters is 1. The Kier molecular flexibility index (Phi) is 9.08. The molecule has 0 radical (unpaired) electrons. The summed E-state index contributed by atoms with van der Waals surface area (Å²) in [5.74, 6) is -3.18. The number of hydrogen-bond acceptors (Lipinski definition) is 7. The van der Waals surface area contributed by atoms with Crippen LogP contribution < -0.4 is 9.80 Å². The van der Waals surface area contributed by atoms with Crippen molar-refractivity contribution in [3.8, 4) is 0 Å². The van der Waals surface area contributed by atoms with Crippen LogP contribution in [0.15, 0.2) is 78.9 Å². The predicted molar refractivity (Wildman–Crippen MR) is 176 cm³/mol. The van der Waals surface area contributed by atoms with Gasteiger partial charge in [0.25, 0.3) is 5.91 Å². The maximum absolute atomic E-state index is 15.0. The third-order valence-corrected chi connectivity index (χ3v) is 10.3. The molecule has 9 heteroatoms. The summed E-state index contributed by atoms with van der Waals surface area (Å²) in [4.78, 5) is 49.3. The van der Waals surface area contributed by atoms with E-state index in [2.05, 4.69) is 18.7 Å². The summed E-state index contributed by atoms with van der Waals surface area (Å²) >= 11 is 0. The molecule has 2 amide bonds. The molecule has 46 heavy (non-hydrogen) atoms. The summed E-state index contributed by atoms with van der Waals surface area (Å²) in [6, 6.07) is 15.2. The maximum atomic E-state index is 15.0. The molecular weight excluding hydrogens is 582 g/mol. The van der Waals surface area contributed by atoms with Crippen LogP contribution in [0.1, 0.15) is 58.1 Å². The van der Waals surface area contributed by atoms with Crippen LogP contribution >= 0.6 is 0 Å². The molecule has 0 aliphatic carbocycles. The number of aliphatic hydroxyl groups is 1. The van der Waals surface area contributed by atoms with Crippen LogP contribution in [0.2, 0.25) is 0 Å². The summed E-state index contributed by atoms with van der Waals surface area (Å²) in [5, 5.41) is 10.8. The average molecular weight is 628 g/mol. The molecule has 2 saturated heterocycles. The molecule has 9 nitrogen and oxygen atoms in total. The van der Waals surface area contributed by atoms with Crippen LogP contribution in [0.5, 0.6) is 0 Å². The number of benzene rings is 2. The summed E-state index contributed by atoms with van der Waals surface area (Å²) in [5.41, 5.74) is -0.140. The Hall–Kier alpha value is -3.95. The van der Waals surface area contributed by atoms with Crippen molar-refractivity contribution in [2.24, 2.45) is 11.8 Å². The number of carbonyl (C=O) groups excluding carboxylic acids is 3. The molecule has 2 fully saturated rings. The first-order valence-corrected chi connectivity index (χ1v) is 16.7. The number of allylic oxidation sites excluding steroid dienone is 1. The summed E-state index contributed by atoms with van der Waals surface area (Å²) in [6.07, 6.45) is 10.5. The molecule has 244 valence electrons. The van der Waals surface area contributed by atoms with Gasteiger partial charge in [0, 0.05) is 31.0 Å². The molecular formula is C37H45N3O6. The lowest BCUT2D eigenvalue weighted by molar-refractivity contribution is -0.161. The number of ether oxygens (including phenoxy) is 2. The number of cyclic esters (lactones) is 1. The van der Waals surface area contributed by atoms with Crippen molar-refractivity contribution >= 4 is 29.2 Å². The number of nitrogens with zero attached hydrogens (tertiary/aromatic N) is 3. The van der Waals surface area contributed by atoms with Crippen molar-refractivity contribution in [3.63, 3.8) is 0 Å². The fourth-order valence-corrected chi connectivity index (χ4v) is 8.01. The first-order valence-electron chi connectivity index (χ1n) is 16.7. The van der Waals surface area contributed by atoms with Gasteiger partial charge >= 0.3 is 5.97 Å². The van der Waals surface area contributed by atoms with Crippen LogP contribution in [0, 0.1) is 11.8 Å². The fourth-order valence-electron chi connectivity index (χ4n) is 8.01. The van der Waals surface area contributed by atoms with E-state index in [-0.39, 0.29) is 19.1 Å². The topological polar surface area (TPSA) is 99.6 Å². The Balaban J connectivity index is 1.50. The van der Waals surface area contributed by atoms with Crippen molar-refractivity contribution in [1.29, 1.82) is 0 Å². The molecule has 0 saturated carbocycles. The fraction of sp³-hybridized carbons (Fsp3) is 0.486. The highest BCUT2D eigenvalue weighted by atomic mass is 16.6. The van der Waals surface area contributed by atoms with Crippen molar-refractivity contribution in [1.82, 2.24) is 4.90 Å². The highest BCUT2D eigenvalue weighted by molar-refractivity contribution is 6.06. The van der Waals surface area contributed by atoms with Crippen LogP contribution in [0.25, 0.3) is 0 Å². The third kappa shape index (κ3) is 5.14. The Morgan fingerprint density at radius 1 is 0.913 bits per heavy atom. The zero-order chi connectivity index (χ0) is 32.5. The zero-order valence-electron chi connectivity index (χ0n) is 27.0. The van der Waals surface area contributed by atoms with Gasteiger partial charge in [0.05, 0.1) is 25.2 Å². The van der Waals surface area contributed by atoms with Crippen LogP contribution in [-0.4, -0.2) is 77.9 Å². The van der Waals surface area contributed by atoms with E-state index in [9.17, 15) is 14.7 Å². The zero-order valence-corrected chi connectivity index (χ0v) is 27.0. The Bertz CT molecular complexity index is 1490. The van der Waals surface area contributed by atoms with Crippen LogP contribution in [0.3, 0.4) is 0 Å². The van der Waals surface area contributed by atoms with Gasteiger partial charge in [-0.2, -0.15) is 0 Å². The van der Waals surface area contributed by atoms with E-state index in [0.29, 0.717) is 17.7 Å². The van der Waals surface area contributed by atoms with Crippen molar-refractivity contribution in [2.75, 3.05) is 42.6 Å². The summed E-state index contributed by atoms with van der Waals surface area (Å²) < 4.78 is 12.9. The average Bonchev–Trinajstić information content (AvgIpc) is 3.44. The van der Waals surface area contributed by atoms with Gasteiger partial charge in [-0.3, -0.25) is 14.4 Å². The number of amides is 2. The second-order valence-electron chi connectivity index (χ2n) is 12.6. The minimum Gasteiger partial charge on any atom is -0.465 e. The largest absolute Gasteiger partial charge is 0.465 e. The summed E-state index contributed by atoms with van der Waals surface area (Å²) in [7, 11) is 0. The molecule has 4 aliphatic heterocycles. The van der Waals surface area contributed by atoms with Gasteiger partial charge in [0.1, 0.15) is 23.2 Å². The normalized spacial score (nSPS) is 30.6. The van der Waals surface area contributed by atoms with Crippen LogP contribution in [-0.2, 0) is 23.9 Å². The van der Waals surface area contributed by atoms with E-state index in [4.69, 9.17) is 9.47 Å². The van der Waals surface area contributed by atoms with Gasteiger partial charge in [0.15, 0.2) is 0 Å². The number of likely N-dealkylation sites (tertiary alicyclic amines) is 1. The molecule has 4 aliphatic rings. The van der Waals surface area contributed by atoms with Gasteiger partial charge in [-0.15, -0.1) is 0 Å². The second-order valence-corrected chi connectivity index (χ2v) is 12.6. The molecule has 2 aromatic carbocycles. The number of carbonyl (C=O) groups is 3. The quantitative estimate of drug-likeness (QED) is 0.331. The molecule has 6 atom stereocenters. The Morgan fingerprint density at radius 2 is 1.65 bits per heavy atom. The molecule has 2 aromatic rings. The van der Waals surface area contributed by atoms with Gasteiger partial charge < -0.3 is 29.3 Å². The monoisotopic (exact) mass is 627 g/mol. The highest BCUT2D eigenvalue weighted by Gasteiger charge is 2.76. The second kappa shape index (κ2) is 13.0. The van der Waals surface area contributed by atoms with Crippen molar-refractivity contribution in [3.05, 3.63) is 84.5 Å². The first kappa shape index (κ1) is 32.0. The molecule has 0 bridgehead atoms. The predicted octanol–water partition coefficient (Wildman–Crippen LogP) is 4.81. The molecule has 4 heterocycles. The smallest absolute Gasteiger partial charge is 0.313 e. The SMILES string of the molecule is CCN(CC)c1ccc(N2CC=C[C@]34O[C@]5(CC)/C=C\CCCCOC(=O)[C@@H]5[C@H]3C(=O)N([C@H](CO)c3ccccc3)C4C2=O)cc1. The van der Waals surface area contributed by atoms with Gasteiger partial charge in [0.2, 0.25) is 5.91 Å².